The van der Waals surface area contributed by atoms with Crippen molar-refractivity contribution in [2.75, 3.05) is 12.4 Å². The van der Waals surface area contributed by atoms with Crippen LogP contribution in [0.1, 0.15) is 6.42 Å². The number of rotatable bonds is 6. The third-order valence-electron chi connectivity index (χ3n) is 3.77. The number of aromatic nitrogens is 3. The van der Waals surface area contributed by atoms with Gasteiger partial charge in [-0.05, 0) is 36.8 Å². The molecule has 142 valence electrons. The number of nitrogens with one attached hydrogen (secondary N) is 1. The number of pyridine rings is 1. The number of sulfone groups is 1. The first-order chi connectivity index (χ1) is 12.8. The van der Waals surface area contributed by atoms with E-state index in [1.807, 2.05) is 0 Å². The molecule has 2 N–H and O–H groups in total. The van der Waals surface area contributed by atoms with E-state index in [0.717, 1.165) is 6.20 Å². The molecule has 1 aromatic carbocycles. The number of aliphatic hydroxyl groups excluding tert-OH is 1. The van der Waals surface area contributed by atoms with E-state index in [-0.39, 0.29) is 33.9 Å². The summed E-state index contributed by atoms with van der Waals surface area (Å²) in [4.78, 5) is 11.1. The molecule has 0 spiro atoms. The molecule has 0 bridgehead atoms. The van der Waals surface area contributed by atoms with Crippen LogP contribution in [0.4, 0.5) is 4.39 Å². The monoisotopic (exact) mass is 429 g/mol. The number of aromatic amines is 1. The number of aliphatic hydroxyl groups is 1. The van der Waals surface area contributed by atoms with Crippen molar-refractivity contribution in [1.29, 1.82) is 0 Å². The summed E-state index contributed by atoms with van der Waals surface area (Å²) < 4.78 is 37.5. The maximum atomic E-state index is 13.0. The molecular formula is C17H14Cl2FN3O3S. The second-order valence-corrected chi connectivity index (χ2v) is 8.52. The van der Waals surface area contributed by atoms with Crippen LogP contribution in [0.15, 0.2) is 41.4 Å². The topological polar surface area (TPSA) is 95.9 Å². The van der Waals surface area contributed by atoms with Crippen LogP contribution in [0, 0.1) is 5.82 Å². The highest BCUT2D eigenvalue weighted by atomic mass is 35.5. The van der Waals surface area contributed by atoms with Crippen molar-refractivity contribution >= 4 is 33.0 Å². The second-order valence-electron chi connectivity index (χ2n) is 5.65. The maximum Gasteiger partial charge on any atom is 0.178 e. The minimum Gasteiger partial charge on any atom is -0.396 e. The number of hydrogen-bond donors (Lipinski definition) is 2. The molecule has 0 unspecified atom stereocenters. The molecule has 0 aliphatic carbocycles. The normalized spacial score (nSPS) is 11.7. The molecule has 0 aliphatic rings. The van der Waals surface area contributed by atoms with Gasteiger partial charge in [-0.2, -0.15) is 0 Å². The highest BCUT2D eigenvalue weighted by Crippen LogP contribution is 2.34. The molecule has 0 aliphatic heterocycles. The van der Waals surface area contributed by atoms with E-state index in [9.17, 15) is 12.8 Å². The first-order valence-electron chi connectivity index (χ1n) is 7.83. The summed E-state index contributed by atoms with van der Waals surface area (Å²) in [7, 11) is -3.54. The molecule has 3 rings (SSSR count). The number of nitrogens with zero attached hydrogens (tertiary/aromatic N) is 2. The first kappa shape index (κ1) is 19.8. The van der Waals surface area contributed by atoms with Gasteiger partial charge in [0.2, 0.25) is 0 Å². The molecule has 10 heteroatoms. The van der Waals surface area contributed by atoms with Crippen LogP contribution in [-0.2, 0) is 9.84 Å². The van der Waals surface area contributed by atoms with E-state index in [0.29, 0.717) is 22.8 Å². The van der Waals surface area contributed by atoms with Crippen LogP contribution in [-0.4, -0.2) is 40.8 Å². The van der Waals surface area contributed by atoms with Gasteiger partial charge in [-0.3, -0.25) is 0 Å². The highest BCUT2D eigenvalue weighted by molar-refractivity contribution is 7.91. The van der Waals surface area contributed by atoms with Crippen LogP contribution in [0.25, 0.3) is 22.8 Å². The van der Waals surface area contributed by atoms with Crippen molar-refractivity contribution < 1.29 is 17.9 Å². The Kier molecular flexibility index (Phi) is 5.81. The zero-order valence-corrected chi connectivity index (χ0v) is 16.1. The number of imidazole rings is 1. The van der Waals surface area contributed by atoms with Crippen molar-refractivity contribution in [2.24, 2.45) is 0 Å². The Labute approximate surface area is 164 Å². The van der Waals surface area contributed by atoms with E-state index in [4.69, 9.17) is 28.3 Å². The van der Waals surface area contributed by atoms with Gasteiger partial charge in [-0.25, -0.2) is 22.8 Å². The molecule has 0 saturated heterocycles. The Morgan fingerprint density at radius 1 is 1.19 bits per heavy atom. The van der Waals surface area contributed by atoms with E-state index in [2.05, 4.69) is 15.0 Å². The third-order valence-corrected chi connectivity index (χ3v) is 6.15. The second kappa shape index (κ2) is 7.93. The minimum atomic E-state index is -3.54. The Morgan fingerprint density at radius 2 is 1.96 bits per heavy atom. The molecule has 2 heterocycles. The summed E-state index contributed by atoms with van der Waals surface area (Å²) in [6.07, 6.45) is 1.20. The molecule has 0 amide bonds. The zero-order chi connectivity index (χ0) is 19.6. The fourth-order valence-corrected chi connectivity index (χ4v) is 4.32. The summed E-state index contributed by atoms with van der Waals surface area (Å²) in [5.74, 6) is -0.326. The molecule has 0 atom stereocenters. The largest absolute Gasteiger partial charge is 0.396 e. The number of halogens is 3. The molecule has 3 aromatic rings. The summed E-state index contributed by atoms with van der Waals surface area (Å²) in [5.41, 5.74) is 1.25. The van der Waals surface area contributed by atoms with Crippen LogP contribution in [0.3, 0.4) is 0 Å². The summed E-state index contributed by atoms with van der Waals surface area (Å²) in [6, 6.07) is 6.97. The Balaban J connectivity index is 1.96. The van der Waals surface area contributed by atoms with Crippen molar-refractivity contribution in [1.82, 2.24) is 15.0 Å². The van der Waals surface area contributed by atoms with Crippen LogP contribution < -0.4 is 0 Å². The van der Waals surface area contributed by atoms with E-state index < -0.39 is 15.7 Å². The predicted octanol–water partition coefficient (Wildman–Crippen LogP) is 3.74. The van der Waals surface area contributed by atoms with Gasteiger partial charge in [-0.15, -0.1) is 0 Å². The summed E-state index contributed by atoms with van der Waals surface area (Å²) in [6.45, 7) is -0.213. The van der Waals surface area contributed by atoms with Crippen molar-refractivity contribution in [3.05, 3.63) is 52.5 Å². The third kappa shape index (κ3) is 4.30. The molecule has 27 heavy (non-hydrogen) atoms. The molecule has 0 saturated carbocycles. The standard InChI is InChI=1S/C17H14Cl2FN3O3S/c18-13-8-11(27(25,26)7-1-6-24)3-4-12(13)15-16(19)23-17(22-15)14-5-2-10(20)9-21-14/h2-5,8-9,24H,1,6-7H2,(H,22,23). The fourth-order valence-electron chi connectivity index (χ4n) is 2.43. The molecule has 0 fully saturated rings. The van der Waals surface area contributed by atoms with Gasteiger partial charge in [-0.1, -0.05) is 23.2 Å². The van der Waals surface area contributed by atoms with Gasteiger partial charge in [0.15, 0.2) is 20.8 Å². The predicted molar refractivity (Wildman–Crippen MR) is 101 cm³/mol. The number of hydrogen-bond acceptors (Lipinski definition) is 5. The van der Waals surface area contributed by atoms with Gasteiger partial charge >= 0.3 is 0 Å². The van der Waals surface area contributed by atoms with Gasteiger partial charge in [0.1, 0.15) is 11.5 Å². The first-order valence-corrected chi connectivity index (χ1v) is 10.2. The zero-order valence-electron chi connectivity index (χ0n) is 13.8. The van der Waals surface area contributed by atoms with Gasteiger partial charge in [0.05, 0.1) is 27.6 Å². The lowest BCUT2D eigenvalue weighted by molar-refractivity contribution is 0.295. The average molecular weight is 430 g/mol. The Bertz CT molecular complexity index is 1070. The SMILES string of the molecule is O=S(=O)(CCCO)c1ccc(-c2[nH]c(-c3ccc(F)cn3)nc2Cl)c(Cl)c1. The van der Waals surface area contributed by atoms with Crippen LogP contribution in [0.2, 0.25) is 10.2 Å². The summed E-state index contributed by atoms with van der Waals surface area (Å²) in [5, 5.41) is 9.11. The Hall–Kier alpha value is -2.00. The van der Waals surface area contributed by atoms with Crippen molar-refractivity contribution in [3.63, 3.8) is 0 Å². The van der Waals surface area contributed by atoms with E-state index >= 15 is 0 Å². The fraction of sp³-hybridized carbons (Fsp3) is 0.176. The number of H-pyrrole nitrogens is 1. The average Bonchev–Trinajstić information content (AvgIpc) is 3.02. The quantitative estimate of drug-likeness (QED) is 0.621. The lowest BCUT2D eigenvalue weighted by Crippen LogP contribution is -2.08. The molecule has 2 aromatic heterocycles. The van der Waals surface area contributed by atoms with Crippen LogP contribution >= 0.6 is 23.2 Å². The Morgan fingerprint density at radius 3 is 2.59 bits per heavy atom. The van der Waals surface area contributed by atoms with Crippen LogP contribution in [0.5, 0.6) is 0 Å². The maximum absolute atomic E-state index is 13.0. The highest BCUT2D eigenvalue weighted by Gasteiger charge is 2.19. The van der Waals surface area contributed by atoms with Crippen molar-refractivity contribution in [2.45, 2.75) is 11.3 Å². The lowest BCUT2D eigenvalue weighted by atomic mass is 10.2. The van der Waals surface area contributed by atoms with Crippen molar-refractivity contribution in [3.8, 4) is 22.8 Å². The lowest BCUT2D eigenvalue weighted by Gasteiger charge is -2.07. The minimum absolute atomic E-state index is 0.0563. The molecule has 6 nitrogen and oxygen atoms in total. The van der Waals surface area contributed by atoms with Gasteiger partial charge in [0.25, 0.3) is 0 Å². The van der Waals surface area contributed by atoms with E-state index in [1.54, 1.807) is 0 Å². The smallest absolute Gasteiger partial charge is 0.178 e. The van der Waals surface area contributed by atoms with E-state index in [1.165, 1.54) is 30.3 Å². The van der Waals surface area contributed by atoms with Gasteiger partial charge < -0.3 is 10.1 Å². The molecule has 0 radical (unpaired) electrons. The number of benzene rings is 1. The van der Waals surface area contributed by atoms with Gasteiger partial charge in [0, 0.05) is 12.2 Å². The molecular weight excluding hydrogens is 416 g/mol. The summed E-state index contributed by atoms with van der Waals surface area (Å²) >= 11 is 12.4.